The molecule has 0 spiro atoms. The zero-order chi connectivity index (χ0) is 15.7. The van der Waals surface area contributed by atoms with Crippen LogP contribution < -0.4 is 0 Å². The quantitative estimate of drug-likeness (QED) is 0.419. The molecule has 2 heterocycles. The van der Waals surface area contributed by atoms with Crippen LogP contribution in [0.4, 0.5) is 0 Å². The highest BCUT2D eigenvalue weighted by Gasteiger charge is 2.47. The van der Waals surface area contributed by atoms with Gasteiger partial charge in [0.15, 0.2) is 0 Å². The van der Waals surface area contributed by atoms with Crippen molar-refractivity contribution in [1.82, 2.24) is 4.90 Å². The molecule has 0 N–H and O–H groups in total. The molecule has 1 aromatic carbocycles. The van der Waals surface area contributed by atoms with Gasteiger partial charge in [-0.3, -0.25) is 4.90 Å². The molecule has 3 rings (SSSR count). The Morgan fingerprint density at radius 2 is 2.05 bits per heavy atom. The molecule has 120 valence electrons. The van der Waals surface area contributed by atoms with Crippen molar-refractivity contribution in [3.05, 3.63) is 33.4 Å². The number of hydrogen-bond donors (Lipinski definition) is 0. The van der Waals surface area contributed by atoms with Gasteiger partial charge in [0.05, 0.1) is 5.71 Å². The molecule has 2 saturated heterocycles. The van der Waals surface area contributed by atoms with E-state index < -0.39 is 0 Å². The molecular formula is C18H25IN2O. The SMILES string of the molecule is CCC(=NOC)[C@@H]1[C@H]2CCC(C[C@H]1c1ccc(I)cc1)N2C. The lowest BCUT2D eigenvalue weighted by molar-refractivity contribution is 0.127. The molecule has 4 heteroatoms. The third kappa shape index (κ3) is 2.92. The fourth-order valence-corrected chi connectivity index (χ4v) is 4.81. The van der Waals surface area contributed by atoms with Crippen LogP contribution in [0.3, 0.4) is 0 Å². The first-order valence-corrected chi connectivity index (χ1v) is 9.30. The lowest BCUT2D eigenvalue weighted by Gasteiger charge is -2.43. The molecule has 22 heavy (non-hydrogen) atoms. The van der Waals surface area contributed by atoms with Gasteiger partial charge in [-0.2, -0.15) is 0 Å². The van der Waals surface area contributed by atoms with Crippen molar-refractivity contribution in [2.75, 3.05) is 14.2 Å². The van der Waals surface area contributed by atoms with E-state index in [9.17, 15) is 0 Å². The molecule has 0 amide bonds. The van der Waals surface area contributed by atoms with E-state index in [-0.39, 0.29) is 0 Å². The van der Waals surface area contributed by atoms with Gasteiger partial charge < -0.3 is 4.84 Å². The minimum Gasteiger partial charge on any atom is -0.399 e. The lowest BCUT2D eigenvalue weighted by Crippen LogP contribution is -2.48. The molecular weight excluding hydrogens is 387 g/mol. The molecule has 2 aliphatic heterocycles. The van der Waals surface area contributed by atoms with E-state index in [0.29, 0.717) is 17.9 Å². The highest BCUT2D eigenvalue weighted by Crippen LogP contribution is 2.47. The number of fused-ring (bicyclic) bond motifs is 2. The van der Waals surface area contributed by atoms with E-state index in [1.807, 2.05) is 0 Å². The Hall–Kier alpha value is -0.620. The number of halogens is 1. The summed E-state index contributed by atoms with van der Waals surface area (Å²) in [6, 6.07) is 10.4. The number of oxime groups is 1. The molecule has 2 aliphatic rings. The summed E-state index contributed by atoms with van der Waals surface area (Å²) in [7, 11) is 3.96. The topological polar surface area (TPSA) is 24.8 Å². The maximum absolute atomic E-state index is 5.16. The molecule has 0 aromatic heterocycles. The van der Waals surface area contributed by atoms with Crippen LogP contribution in [-0.4, -0.2) is 36.9 Å². The second-order valence-corrected chi connectivity index (χ2v) is 7.75. The van der Waals surface area contributed by atoms with Gasteiger partial charge in [0.2, 0.25) is 0 Å². The van der Waals surface area contributed by atoms with Gasteiger partial charge in [-0.15, -0.1) is 0 Å². The average molecular weight is 412 g/mol. The van der Waals surface area contributed by atoms with Gasteiger partial charge in [0.1, 0.15) is 7.11 Å². The number of hydrogen-bond acceptors (Lipinski definition) is 3. The van der Waals surface area contributed by atoms with Crippen molar-refractivity contribution in [2.24, 2.45) is 11.1 Å². The Morgan fingerprint density at radius 1 is 1.32 bits per heavy atom. The van der Waals surface area contributed by atoms with E-state index in [2.05, 4.69) is 70.9 Å². The van der Waals surface area contributed by atoms with Crippen LogP contribution in [-0.2, 0) is 4.84 Å². The van der Waals surface area contributed by atoms with Crippen LogP contribution in [0.2, 0.25) is 0 Å². The Morgan fingerprint density at radius 3 is 2.68 bits per heavy atom. The molecule has 2 fully saturated rings. The van der Waals surface area contributed by atoms with E-state index in [1.165, 1.54) is 34.1 Å². The maximum Gasteiger partial charge on any atom is 0.106 e. The van der Waals surface area contributed by atoms with Crippen LogP contribution in [0.1, 0.15) is 44.1 Å². The van der Waals surface area contributed by atoms with E-state index in [1.54, 1.807) is 7.11 Å². The summed E-state index contributed by atoms with van der Waals surface area (Å²) in [5, 5.41) is 4.40. The van der Waals surface area contributed by atoms with Gasteiger partial charge in [0.25, 0.3) is 0 Å². The highest BCUT2D eigenvalue weighted by atomic mass is 127. The fraction of sp³-hybridized carbons (Fsp3) is 0.611. The maximum atomic E-state index is 5.16. The van der Waals surface area contributed by atoms with Crippen molar-refractivity contribution in [3.8, 4) is 0 Å². The van der Waals surface area contributed by atoms with Crippen molar-refractivity contribution < 1.29 is 4.84 Å². The number of rotatable bonds is 4. The Balaban J connectivity index is 1.98. The van der Waals surface area contributed by atoms with Crippen LogP contribution in [0.5, 0.6) is 0 Å². The minimum atomic E-state index is 0.480. The molecule has 0 radical (unpaired) electrons. The summed E-state index contributed by atoms with van der Waals surface area (Å²) >= 11 is 2.38. The predicted molar refractivity (Wildman–Crippen MR) is 99.3 cm³/mol. The Bertz CT molecular complexity index is 543. The Kier molecular flexibility index (Phi) is 5.07. The van der Waals surface area contributed by atoms with Crippen molar-refractivity contribution in [3.63, 3.8) is 0 Å². The summed E-state index contributed by atoms with van der Waals surface area (Å²) in [6.45, 7) is 2.20. The highest BCUT2D eigenvalue weighted by molar-refractivity contribution is 14.1. The first kappa shape index (κ1) is 16.2. The molecule has 1 unspecified atom stereocenters. The molecule has 1 aromatic rings. The van der Waals surface area contributed by atoms with E-state index in [4.69, 9.17) is 4.84 Å². The zero-order valence-corrected chi connectivity index (χ0v) is 15.8. The van der Waals surface area contributed by atoms with Crippen LogP contribution >= 0.6 is 22.6 Å². The number of nitrogens with zero attached hydrogens (tertiary/aromatic N) is 2. The van der Waals surface area contributed by atoms with Crippen molar-refractivity contribution >= 4 is 28.3 Å². The van der Waals surface area contributed by atoms with Crippen LogP contribution in [0.25, 0.3) is 0 Å². The number of benzene rings is 1. The second-order valence-electron chi connectivity index (χ2n) is 6.50. The zero-order valence-electron chi connectivity index (χ0n) is 13.6. The summed E-state index contributed by atoms with van der Waals surface area (Å²) in [6.07, 6.45) is 4.81. The average Bonchev–Trinajstić information content (AvgIpc) is 2.76. The normalized spacial score (nSPS) is 32.3. The summed E-state index contributed by atoms with van der Waals surface area (Å²) in [5.41, 5.74) is 2.69. The molecule has 0 aliphatic carbocycles. The third-order valence-corrected chi connectivity index (χ3v) is 6.24. The van der Waals surface area contributed by atoms with Gasteiger partial charge in [-0.25, -0.2) is 0 Å². The largest absolute Gasteiger partial charge is 0.399 e. The smallest absolute Gasteiger partial charge is 0.106 e. The summed E-state index contributed by atoms with van der Waals surface area (Å²) < 4.78 is 1.30. The first-order chi connectivity index (χ1) is 10.7. The fourth-order valence-electron chi connectivity index (χ4n) is 4.45. The molecule has 4 atom stereocenters. The predicted octanol–water partition coefficient (Wildman–Crippen LogP) is 4.27. The van der Waals surface area contributed by atoms with Crippen LogP contribution in [0, 0.1) is 9.49 Å². The monoisotopic (exact) mass is 412 g/mol. The minimum absolute atomic E-state index is 0.480. The standard InChI is InChI=1S/C18H25IN2O/c1-4-16(20-22-3)18-15(12-5-7-13(19)8-6-12)11-14-9-10-17(18)21(14)2/h5-8,14-15,17-18H,4,9-11H2,1-3H3/t14?,15-,17+,18+/m0/s1. The van der Waals surface area contributed by atoms with E-state index >= 15 is 0 Å². The third-order valence-electron chi connectivity index (χ3n) is 5.52. The van der Waals surface area contributed by atoms with Gasteiger partial charge >= 0.3 is 0 Å². The molecule has 0 saturated carbocycles. The van der Waals surface area contributed by atoms with Gasteiger partial charge in [-0.05, 0) is 78.9 Å². The van der Waals surface area contributed by atoms with Gasteiger partial charge in [0, 0.05) is 21.6 Å². The Labute approximate surface area is 147 Å². The summed E-state index contributed by atoms with van der Waals surface area (Å²) in [5.74, 6) is 1.05. The van der Waals surface area contributed by atoms with Gasteiger partial charge in [-0.1, -0.05) is 24.2 Å². The van der Waals surface area contributed by atoms with Crippen LogP contribution in [0.15, 0.2) is 29.4 Å². The van der Waals surface area contributed by atoms with Crippen molar-refractivity contribution in [1.29, 1.82) is 0 Å². The van der Waals surface area contributed by atoms with Crippen molar-refractivity contribution in [2.45, 2.75) is 50.6 Å². The lowest BCUT2D eigenvalue weighted by atomic mass is 9.73. The van der Waals surface area contributed by atoms with E-state index in [0.717, 1.165) is 12.5 Å². The first-order valence-electron chi connectivity index (χ1n) is 8.23. The molecule has 3 nitrogen and oxygen atoms in total. The second kappa shape index (κ2) is 6.87. The summed E-state index contributed by atoms with van der Waals surface area (Å²) in [4.78, 5) is 7.75. The number of piperidine rings is 1. The molecule has 2 bridgehead atoms.